The Hall–Kier alpha value is -0.770. The van der Waals surface area contributed by atoms with E-state index in [0.717, 1.165) is 6.07 Å². The Kier molecular flexibility index (Phi) is 8.04. The molecule has 0 spiro atoms. The Labute approximate surface area is 146 Å². The van der Waals surface area contributed by atoms with Crippen molar-refractivity contribution in [2.75, 3.05) is 0 Å². The highest BCUT2D eigenvalue weighted by molar-refractivity contribution is 7.47. The molecule has 0 atom stereocenters. The topological polar surface area (TPSA) is 15.7 Å². The molecule has 0 heterocycles. The molecule has 0 saturated heterocycles. The number of rotatable bonds is 8. The molecule has 1 aromatic carbocycles. The second-order valence-electron chi connectivity index (χ2n) is 7.05. The zero-order chi connectivity index (χ0) is 18.6. The standard InChI is InChI=1S/C18H31F2N2OP/c1-12(2)21(13(3)4)24(22(14(5)6)15(7)8)23-18-10-9-16(19)11-17(18)20/h9-15H,1-8H3. The lowest BCUT2D eigenvalue weighted by atomic mass is 10.3. The van der Waals surface area contributed by atoms with Crippen molar-refractivity contribution in [3.8, 4) is 5.75 Å². The van der Waals surface area contributed by atoms with E-state index in [0.29, 0.717) is 0 Å². The van der Waals surface area contributed by atoms with E-state index in [2.05, 4.69) is 64.7 Å². The van der Waals surface area contributed by atoms with Crippen LogP contribution in [0, 0.1) is 11.6 Å². The third kappa shape index (κ3) is 5.37. The molecular formula is C18H31F2N2OP. The van der Waals surface area contributed by atoms with Gasteiger partial charge in [-0.2, -0.15) is 0 Å². The van der Waals surface area contributed by atoms with Crippen LogP contribution in [-0.2, 0) is 0 Å². The minimum Gasteiger partial charge on any atom is -0.441 e. The molecule has 1 aromatic rings. The molecule has 0 amide bonds. The van der Waals surface area contributed by atoms with Gasteiger partial charge in [0.1, 0.15) is 5.82 Å². The van der Waals surface area contributed by atoms with Crippen LogP contribution in [0.25, 0.3) is 0 Å². The fourth-order valence-electron chi connectivity index (χ4n) is 2.83. The van der Waals surface area contributed by atoms with Gasteiger partial charge in [-0.05, 0) is 67.5 Å². The minimum absolute atomic E-state index is 0.0973. The Bertz CT molecular complexity index is 488. The first kappa shape index (κ1) is 21.3. The van der Waals surface area contributed by atoms with Crippen molar-refractivity contribution in [1.29, 1.82) is 0 Å². The van der Waals surface area contributed by atoms with Gasteiger partial charge >= 0.3 is 0 Å². The third-order valence-electron chi connectivity index (χ3n) is 3.59. The van der Waals surface area contributed by atoms with Gasteiger partial charge in [0.2, 0.25) is 8.45 Å². The molecule has 0 N–H and O–H groups in total. The van der Waals surface area contributed by atoms with Gasteiger partial charge in [-0.3, -0.25) is 0 Å². The summed E-state index contributed by atoms with van der Waals surface area (Å²) in [6.45, 7) is 16.9. The van der Waals surface area contributed by atoms with Crippen LogP contribution in [0.4, 0.5) is 8.78 Å². The molecule has 0 aliphatic heterocycles. The predicted molar refractivity (Wildman–Crippen MR) is 98.1 cm³/mol. The Morgan fingerprint density at radius 1 is 0.792 bits per heavy atom. The van der Waals surface area contributed by atoms with Crippen LogP contribution < -0.4 is 4.52 Å². The van der Waals surface area contributed by atoms with Crippen molar-refractivity contribution in [1.82, 2.24) is 9.34 Å². The van der Waals surface area contributed by atoms with Crippen LogP contribution >= 0.6 is 8.45 Å². The van der Waals surface area contributed by atoms with Crippen molar-refractivity contribution in [2.45, 2.75) is 79.6 Å². The highest BCUT2D eigenvalue weighted by atomic mass is 31.2. The van der Waals surface area contributed by atoms with Gasteiger partial charge in [-0.15, -0.1) is 0 Å². The molecule has 0 fully saturated rings. The average molecular weight is 360 g/mol. The first-order valence-corrected chi connectivity index (χ1v) is 9.72. The summed E-state index contributed by atoms with van der Waals surface area (Å²) < 4.78 is 38.0. The van der Waals surface area contributed by atoms with E-state index in [1.54, 1.807) is 0 Å². The predicted octanol–water partition coefficient (Wildman–Crippen LogP) is 5.81. The van der Waals surface area contributed by atoms with E-state index in [-0.39, 0.29) is 29.9 Å². The molecule has 0 radical (unpaired) electrons. The van der Waals surface area contributed by atoms with Crippen LogP contribution in [0.3, 0.4) is 0 Å². The van der Waals surface area contributed by atoms with Gasteiger partial charge in [0.25, 0.3) is 0 Å². The van der Waals surface area contributed by atoms with E-state index in [1.165, 1.54) is 12.1 Å². The smallest absolute Gasteiger partial charge is 0.249 e. The molecule has 138 valence electrons. The Morgan fingerprint density at radius 2 is 1.21 bits per heavy atom. The van der Waals surface area contributed by atoms with E-state index in [9.17, 15) is 8.78 Å². The lowest BCUT2D eigenvalue weighted by Crippen LogP contribution is -2.44. The van der Waals surface area contributed by atoms with Gasteiger partial charge in [0.15, 0.2) is 11.6 Å². The monoisotopic (exact) mass is 360 g/mol. The summed E-state index contributed by atoms with van der Waals surface area (Å²) in [4.78, 5) is 0. The molecular weight excluding hydrogens is 329 g/mol. The van der Waals surface area contributed by atoms with Crippen molar-refractivity contribution < 1.29 is 13.3 Å². The summed E-state index contributed by atoms with van der Waals surface area (Å²) in [5.74, 6) is -1.17. The fraction of sp³-hybridized carbons (Fsp3) is 0.667. The summed E-state index contributed by atoms with van der Waals surface area (Å²) in [6, 6.07) is 4.42. The Balaban J connectivity index is 3.30. The van der Waals surface area contributed by atoms with E-state index in [4.69, 9.17) is 4.52 Å². The second-order valence-corrected chi connectivity index (χ2v) is 8.67. The maximum Gasteiger partial charge on any atom is 0.249 e. The molecule has 3 nitrogen and oxygen atoms in total. The molecule has 0 aromatic heterocycles. The zero-order valence-corrected chi connectivity index (χ0v) is 16.9. The van der Waals surface area contributed by atoms with Crippen molar-refractivity contribution in [3.63, 3.8) is 0 Å². The number of benzene rings is 1. The highest BCUT2D eigenvalue weighted by Crippen LogP contribution is 2.51. The molecule has 0 aliphatic rings. The van der Waals surface area contributed by atoms with Crippen LogP contribution in [0.2, 0.25) is 0 Å². The van der Waals surface area contributed by atoms with E-state index < -0.39 is 20.1 Å². The van der Waals surface area contributed by atoms with Gasteiger partial charge in [-0.1, -0.05) is 0 Å². The number of hydrogen-bond donors (Lipinski definition) is 0. The maximum absolute atomic E-state index is 14.2. The first-order chi connectivity index (χ1) is 11.1. The van der Waals surface area contributed by atoms with Crippen LogP contribution in [0.1, 0.15) is 55.4 Å². The molecule has 0 aliphatic carbocycles. The summed E-state index contributed by atoms with van der Waals surface area (Å²) in [5.41, 5.74) is 0. The van der Waals surface area contributed by atoms with Gasteiger partial charge in [0.05, 0.1) is 0 Å². The SMILES string of the molecule is CC(C)N(C(C)C)P(Oc1ccc(F)cc1F)N(C(C)C)C(C)C. The zero-order valence-electron chi connectivity index (χ0n) is 16.0. The molecule has 1 rings (SSSR count). The largest absolute Gasteiger partial charge is 0.441 e. The van der Waals surface area contributed by atoms with Crippen molar-refractivity contribution in [3.05, 3.63) is 29.8 Å². The normalized spacial score (nSPS) is 12.7. The first-order valence-electron chi connectivity index (χ1n) is 8.55. The third-order valence-corrected chi connectivity index (χ3v) is 6.58. The van der Waals surface area contributed by atoms with Gasteiger partial charge in [-0.25, -0.2) is 18.1 Å². The van der Waals surface area contributed by atoms with Crippen LogP contribution in [-0.4, -0.2) is 33.5 Å². The fourth-order valence-corrected chi connectivity index (χ4v) is 5.17. The van der Waals surface area contributed by atoms with Crippen LogP contribution in [0.15, 0.2) is 18.2 Å². The molecule has 6 heteroatoms. The van der Waals surface area contributed by atoms with Gasteiger partial charge in [0, 0.05) is 30.2 Å². The Morgan fingerprint density at radius 3 is 1.54 bits per heavy atom. The highest BCUT2D eigenvalue weighted by Gasteiger charge is 2.36. The summed E-state index contributed by atoms with van der Waals surface area (Å²) >= 11 is 0. The molecule has 0 saturated carbocycles. The summed E-state index contributed by atoms with van der Waals surface area (Å²) in [7, 11) is -1.24. The number of nitrogens with zero attached hydrogens (tertiary/aromatic N) is 2. The summed E-state index contributed by atoms with van der Waals surface area (Å²) in [5, 5.41) is 0. The lowest BCUT2D eigenvalue weighted by Gasteiger charge is -2.45. The van der Waals surface area contributed by atoms with Crippen molar-refractivity contribution in [2.24, 2.45) is 0 Å². The van der Waals surface area contributed by atoms with Crippen molar-refractivity contribution >= 4 is 8.45 Å². The maximum atomic E-state index is 14.2. The lowest BCUT2D eigenvalue weighted by molar-refractivity contribution is 0.224. The second kappa shape index (κ2) is 9.07. The average Bonchev–Trinajstić information content (AvgIpc) is 2.39. The van der Waals surface area contributed by atoms with E-state index in [1.807, 2.05) is 0 Å². The quantitative estimate of drug-likeness (QED) is 0.544. The minimum atomic E-state index is -1.24. The molecule has 24 heavy (non-hydrogen) atoms. The molecule has 0 bridgehead atoms. The number of halogens is 2. The van der Waals surface area contributed by atoms with Gasteiger partial charge < -0.3 is 4.52 Å². The van der Waals surface area contributed by atoms with E-state index >= 15 is 0 Å². The molecule has 0 unspecified atom stereocenters. The van der Waals surface area contributed by atoms with Crippen LogP contribution in [0.5, 0.6) is 5.75 Å². The number of hydrogen-bond acceptors (Lipinski definition) is 3. The summed E-state index contributed by atoms with van der Waals surface area (Å²) in [6.07, 6.45) is 0.